The lowest BCUT2D eigenvalue weighted by molar-refractivity contribution is 0.108. The van der Waals surface area contributed by atoms with Crippen LogP contribution in [0.15, 0.2) is 61.2 Å². The molecule has 2 saturated heterocycles. The molecule has 27 heavy (non-hydrogen) atoms. The molecule has 2 fully saturated rings. The maximum atomic E-state index is 5.53. The third-order valence-electron chi connectivity index (χ3n) is 5.81. The van der Waals surface area contributed by atoms with E-state index >= 15 is 0 Å². The van der Waals surface area contributed by atoms with Crippen molar-refractivity contribution in [2.45, 2.75) is 18.9 Å². The number of piperidine rings is 1. The Labute approximate surface area is 164 Å². The first-order valence-corrected chi connectivity index (χ1v) is 10.0. The van der Waals surface area contributed by atoms with E-state index < -0.39 is 0 Å². The van der Waals surface area contributed by atoms with Crippen molar-refractivity contribution >= 4 is 5.69 Å². The van der Waals surface area contributed by atoms with Crippen LogP contribution in [-0.4, -0.2) is 68.8 Å². The van der Waals surface area contributed by atoms with Gasteiger partial charge in [0.2, 0.25) is 0 Å². The second-order valence-electron chi connectivity index (χ2n) is 7.38. The van der Waals surface area contributed by atoms with Crippen molar-refractivity contribution in [3.8, 4) is 5.75 Å². The number of para-hydroxylation sites is 2. The summed E-state index contributed by atoms with van der Waals surface area (Å²) in [5.41, 5.74) is 2.48. The Kier molecular flexibility index (Phi) is 7.13. The molecule has 2 aliphatic rings. The minimum atomic E-state index is 0.719. The molecule has 0 unspecified atom stereocenters. The molecule has 146 valence electrons. The van der Waals surface area contributed by atoms with E-state index in [0.29, 0.717) is 0 Å². The summed E-state index contributed by atoms with van der Waals surface area (Å²) in [5, 5.41) is 0. The lowest BCUT2D eigenvalue weighted by Gasteiger charge is -2.43. The highest BCUT2D eigenvalue weighted by Gasteiger charge is 2.28. The first kappa shape index (κ1) is 19.7. The third kappa shape index (κ3) is 5.02. The maximum absolute atomic E-state index is 5.53. The van der Waals surface area contributed by atoms with Gasteiger partial charge in [0.15, 0.2) is 0 Å². The number of piperazine rings is 1. The van der Waals surface area contributed by atoms with Gasteiger partial charge in [0.05, 0.1) is 12.8 Å². The van der Waals surface area contributed by atoms with Crippen molar-refractivity contribution < 1.29 is 4.74 Å². The van der Waals surface area contributed by atoms with Crippen LogP contribution in [0.3, 0.4) is 0 Å². The summed E-state index contributed by atoms with van der Waals surface area (Å²) in [7, 11) is 1.75. The molecule has 0 N–H and O–H groups in total. The van der Waals surface area contributed by atoms with E-state index in [-0.39, 0.29) is 0 Å². The Morgan fingerprint density at radius 2 is 1.78 bits per heavy atom. The Bertz CT molecular complexity index is 653. The fourth-order valence-electron chi connectivity index (χ4n) is 4.26. The molecule has 0 bridgehead atoms. The predicted molar refractivity (Wildman–Crippen MR) is 115 cm³/mol. The first-order chi connectivity index (χ1) is 13.2. The molecule has 3 rings (SSSR count). The van der Waals surface area contributed by atoms with Gasteiger partial charge in [-0.05, 0) is 43.6 Å². The maximum Gasteiger partial charge on any atom is 0.142 e. The van der Waals surface area contributed by atoms with Crippen molar-refractivity contribution in [2.24, 2.45) is 0 Å². The number of rotatable bonds is 7. The van der Waals surface area contributed by atoms with Crippen LogP contribution in [0.2, 0.25) is 0 Å². The van der Waals surface area contributed by atoms with Gasteiger partial charge in [-0.25, -0.2) is 0 Å². The molecule has 0 aliphatic carbocycles. The van der Waals surface area contributed by atoms with Crippen molar-refractivity contribution in [2.75, 3.05) is 57.8 Å². The van der Waals surface area contributed by atoms with Crippen LogP contribution in [0.5, 0.6) is 5.75 Å². The highest BCUT2D eigenvalue weighted by molar-refractivity contribution is 5.58. The zero-order valence-corrected chi connectivity index (χ0v) is 16.6. The summed E-state index contributed by atoms with van der Waals surface area (Å²) in [6.07, 6.45) is 8.38. The fraction of sp³-hybridized carbons (Fsp3) is 0.478. The second kappa shape index (κ2) is 9.77. The largest absolute Gasteiger partial charge is 0.495 e. The van der Waals surface area contributed by atoms with E-state index in [1.807, 2.05) is 18.2 Å². The number of methoxy groups -OCH3 is 1. The number of ether oxygens (including phenoxy) is 1. The van der Waals surface area contributed by atoms with E-state index in [9.17, 15) is 0 Å². The lowest BCUT2D eigenvalue weighted by Crippen LogP contribution is -2.53. The Hall–Kier alpha value is -2.04. The van der Waals surface area contributed by atoms with Crippen molar-refractivity contribution in [1.29, 1.82) is 0 Å². The van der Waals surface area contributed by atoms with Gasteiger partial charge in [0.25, 0.3) is 0 Å². The quantitative estimate of drug-likeness (QED) is 0.686. The molecule has 0 amide bonds. The second-order valence-corrected chi connectivity index (χ2v) is 7.38. The van der Waals surface area contributed by atoms with Crippen molar-refractivity contribution in [1.82, 2.24) is 9.80 Å². The molecule has 0 aromatic heterocycles. The number of hydrogen-bond donors (Lipinski definition) is 0. The fourth-order valence-corrected chi connectivity index (χ4v) is 4.26. The van der Waals surface area contributed by atoms with Crippen molar-refractivity contribution in [3.05, 3.63) is 61.2 Å². The van der Waals surface area contributed by atoms with Crippen molar-refractivity contribution in [3.63, 3.8) is 0 Å². The number of anilines is 1. The zero-order chi connectivity index (χ0) is 19.1. The van der Waals surface area contributed by atoms with Gasteiger partial charge in [0, 0.05) is 38.8 Å². The molecular weight excluding hydrogens is 334 g/mol. The summed E-state index contributed by atoms with van der Waals surface area (Å²) in [4.78, 5) is 7.69. The van der Waals surface area contributed by atoms with Crippen LogP contribution in [0.25, 0.3) is 0 Å². The van der Waals surface area contributed by atoms with Crippen LogP contribution in [0.4, 0.5) is 5.69 Å². The summed E-state index contributed by atoms with van der Waals surface area (Å²) < 4.78 is 5.53. The average molecular weight is 368 g/mol. The highest BCUT2D eigenvalue weighted by Crippen LogP contribution is 2.29. The topological polar surface area (TPSA) is 19.0 Å². The summed E-state index contributed by atoms with van der Waals surface area (Å²) in [6.45, 7) is 15.4. The standard InChI is InChI=1S/C23H33N3O/c1-4-8-20(5-2)19-24-13-11-21(12-14-24)25-15-17-26(18-16-25)22-9-6-7-10-23(22)27-3/h4-10,21H,1-2,11-19H2,3H3/b20-8+. The number of hydrogen-bond acceptors (Lipinski definition) is 4. The normalized spacial score (nSPS) is 20.5. The summed E-state index contributed by atoms with van der Waals surface area (Å²) in [6, 6.07) is 9.07. The highest BCUT2D eigenvalue weighted by atomic mass is 16.5. The lowest BCUT2D eigenvalue weighted by atomic mass is 10.0. The molecule has 0 saturated carbocycles. The van der Waals surface area contributed by atoms with E-state index in [0.717, 1.165) is 44.5 Å². The molecule has 0 atom stereocenters. The Morgan fingerprint density at radius 1 is 1.07 bits per heavy atom. The molecule has 2 aliphatic heterocycles. The SMILES string of the molecule is C=C/C=C(\C=C)CN1CCC(N2CCN(c3ccccc3OC)CC2)CC1. The van der Waals surface area contributed by atoms with Gasteiger partial charge >= 0.3 is 0 Å². The van der Waals surface area contributed by atoms with Crippen LogP contribution in [0, 0.1) is 0 Å². The smallest absolute Gasteiger partial charge is 0.142 e. The van der Waals surface area contributed by atoms with E-state index in [2.05, 4.69) is 52.1 Å². The molecule has 2 heterocycles. The van der Waals surface area contributed by atoms with Crippen LogP contribution in [-0.2, 0) is 0 Å². The first-order valence-electron chi connectivity index (χ1n) is 10.0. The van der Waals surface area contributed by atoms with Gasteiger partial charge in [0.1, 0.15) is 5.75 Å². The van der Waals surface area contributed by atoms with Crippen LogP contribution in [0.1, 0.15) is 12.8 Å². The van der Waals surface area contributed by atoms with Gasteiger partial charge in [-0.2, -0.15) is 0 Å². The minimum absolute atomic E-state index is 0.719. The number of nitrogens with zero attached hydrogens (tertiary/aromatic N) is 3. The number of benzene rings is 1. The number of likely N-dealkylation sites (tertiary alicyclic amines) is 1. The van der Waals surface area contributed by atoms with Crippen LogP contribution < -0.4 is 9.64 Å². The monoisotopic (exact) mass is 367 g/mol. The van der Waals surface area contributed by atoms with Gasteiger partial charge < -0.3 is 9.64 Å². The zero-order valence-electron chi connectivity index (χ0n) is 16.6. The van der Waals surface area contributed by atoms with Gasteiger partial charge in [-0.15, -0.1) is 0 Å². The van der Waals surface area contributed by atoms with Crippen LogP contribution >= 0.6 is 0 Å². The minimum Gasteiger partial charge on any atom is -0.495 e. The molecule has 1 aromatic carbocycles. The Morgan fingerprint density at radius 3 is 2.41 bits per heavy atom. The summed E-state index contributed by atoms with van der Waals surface area (Å²) in [5.74, 6) is 0.977. The van der Waals surface area contributed by atoms with E-state index in [1.54, 1.807) is 7.11 Å². The predicted octanol–water partition coefficient (Wildman–Crippen LogP) is 3.58. The van der Waals surface area contributed by atoms with Gasteiger partial charge in [-0.3, -0.25) is 9.80 Å². The molecule has 0 spiro atoms. The number of allylic oxidation sites excluding steroid dienone is 2. The van der Waals surface area contributed by atoms with E-state index in [4.69, 9.17) is 4.74 Å². The molecule has 4 nitrogen and oxygen atoms in total. The van der Waals surface area contributed by atoms with E-state index in [1.165, 1.54) is 37.2 Å². The Balaban J connectivity index is 1.48. The third-order valence-corrected chi connectivity index (χ3v) is 5.81. The summed E-state index contributed by atoms with van der Waals surface area (Å²) >= 11 is 0. The molecular formula is C23H33N3O. The molecule has 1 aromatic rings. The average Bonchev–Trinajstić information content (AvgIpc) is 2.74. The molecule has 0 radical (unpaired) electrons. The van der Waals surface area contributed by atoms with Gasteiger partial charge in [-0.1, -0.05) is 43.5 Å². The molecule has 4 heteroatoms.